The zero-order chi connectivity index (χ0) is 17.0. The highest BCUT2D eigenvalue weighted by molar-refractivity contribution is 5.85. The van der Waals surface area contributed by atoms with E-state index in [0.717, 1.165) is 17.6 Å². The Morgan fingerprint density at radius 2 is 1.54 bits per heavy atom. The first kappa shape index (κ1) is 16.1. The number of rotatable bonds is 3. The second kappa shape index (κ2) is 6.77. The van der Waals surface area contributed by atoms with Gasteiger partial charge in [-0.2, -0.15) is 0 Å². The van der Waals surface area contributed by atoms with Gasteiger partial charge in [-0.1, -0.05) is 92.9 Å². The molecule has 0 nitrogen and oxygen atoms in total. The van der Waals surface area contributed by atoms with Crippen LogP contribution >= 0.6 is 0 Å². The molecule has 0 fully saturated rings. The average Bonchev–Trinajstić information content (AvgIpc) is 2.60. The van der Waals surface area contributed by atoms with Crippen molar-refractivity contribution in [3.8, 4) is 11.8 Å². The maximum absolute atomic E-state index is 4.24. The van der Waals surface area contributed by atoms with Crippen LogP contribution in [0, 0.1) is 17.3 Å². The van der Waals surface area contributed by atoms with E-state index in [-0.39, 0.29) is 5.41 Å². The smallest absolute Gasteiger partial charge is 0.0248 e. The molecule has 0 unspecified atom stereocenters. The van der Waals surface area contributed by atoms with E-state index in [1.54, 1.807) is 0 Å². The summed E-state index contributed by atoms with van der Waals surface area (Å²) in [5, 5.41) is 2.60. The Hall–Kier alpha value is -2.78. The highest BCUT2D eigenvalue weighted by atomic mass is 14.2. The van der Waals surface area contributed by atoms with E-state index in [9.17, 15) is 0 Å². The molecule has 0 saturated heterocycles. The van der Waals surface area contributed by atoms with Crippen LogP contribution in [-0.2, 0) is 6.42 Å². The SMILES string of the molecule is C=C(C#Cc1ccccc1)C(C)(C)Cc1cccc2ccccc12. The third kappa shape index (κ3) is 3.58. The van der Waals surface area contributed by atoms with Crippen LogP contribution in [0.2, 0.25) is 0 Å². The molecule has 0 heteroatoms. The molecule has 0 aromatic heterocycles. The average molecular weight is 310 g/mol. The Morgan fingerprint density at radius 1 is 0.875 bits per heavy atom. The number of benzene rings is 3. The summed E-state index contributed by atoms with van der Waals surface area (Å²) in [6, 6.07) is 25.1. The summed E-state index contributed by atoms with van der Waals surface area (Å²) in [6.07, 6.45) is 0.927. The van der Waals surface area contributed by atoms with Gasteiger partial charge in [-0.25, -0.2) is 0 Å². The van der Waals surface area contributed by atoms with Gasteiger partial charge < -0.3 is 0 Å². The van der Waals surface area contributed by atoms with Crippen LogP contribution in [0.1, 0.15) is 25.0 Å². The molecule has 0 N–H and O–H groups in total. The fourth-order valence-electron chi connectivity index (χ4n) is 2.87. The summed E-state index contributed by atoms with van der Waals surface area (Å²) < 4.78 is 0. The van der Waals surface area contributed by atoms with Gasteiger partial charge in [-0.05, 0) is 34.9 Å². The van der Waals surface area contributed by atoms with Crippen LogP contribution < -0.4 is 0 Å². The van der Waals surface area contributed by atoms with E-state index in [0.29, 0.717) is 0 Å². The maximum atomic E-state index is 4.24. The molecule has 0 spiro atoms. The molecule has 118 valence electrons. The third-order valence-corrected chi connectivity index (χ3v) is 4.46. The van der Waals surface area contributed by atoms with Crippen molar-refractivity contribution >= 4 is 10.8 Å². The van der Waals surface area contributed by atoms with E-state index < -0.39 is 0 Å². The standard InChI is InChI=1S/C24H22/c1-19(16-17-20-10-5-4-6-11-20)24(2,3)18-22-14-9-13-21-12-7-8-15-23(21)22/h4-15H,1,18H2,2-3H3. The zero-order valence-electron chi connectivity index (χ0n) is 14.3. The van der Waals surface area contributed by atoms with Crippen molar-refractivity contribution in [2.24, 2.45) is 5.41 Å². The number of fused-ring (bicyclic) bond motifs is 1. The van der Waals surface area contributed by atoms with Crippen LogP contribution in [0.5, 0.6) is 0 Å². The lowest BCUT2D eigenvalue weighted by Gasteiger charge is -2.25. The molecule has 24 heavy (non-hydrogen) atoms. The van der Waals surface area contributed by atoms with E-state index in [2.05, 4.69) is 74.7 Å². The van der Waals surface area contributed by atoms with Crippen LogP contribution in [0.25, 0.3) is 10.8 Å². The Labute approximate surface area is 144 Å². The van der Waals surface area contributed by atoms with Gasteiger partial charge in [-0.3, -0.25) is 0 Å². The summed E-state index contributed by atoms with van der Waals surface area (Å²) in [6.45, 7) is 8.68. The highest BCUT2D eigenvalue weighted by Gasteiger charge is 2.22. The minimum Gasteiger partial charge on any atom is -0.0868 e. The van der Waals surface area contributed by atoms with Crippen LogP contribution in [0.4, 0.5) is 0 Å². The van der Waals surface area contributed by atoms with Crippen LogP contribution in [-0.4, -0.2) is 0 Å². The summed E-state index contributed by atoms with van der Waals surface area (Å²) in [7, 11) is 0. The molecular weight excluding hydrogens is 288 g/mol. The molecule has 0 bridgehead atoms. The Bertz CT molecular complexity index is 913. The van der Waals surface area contributed by atoms with Crippen molar-refractivity contribution in [1.82, 2.24) is 0 Å². The molecule has 0 amide bonds. The van der Waals surface area contributed by atoms with E-state index in [1.165, 1.54) is 16.3 Å². The fourth-order valence-corrected chi connectivity index (χ4v) is 2.87. The van der Waals surface area contributed by atoms with Gasteiger partial charge in [0, 0.05) is 16.6 Å². The monoisotopic (exact) mass is 310 g/mol. The van der Waals surface area contributed by atoms with E-state index in [4.69, 9.17) is 0 Å². The number of hydrogen-bond acceptors (Lipinski definition) is 0. The molecule has 0 aliphatic carbocycles. The van der Waals surface area contributed by atoms with Gasteiger partial charge in [-0.15, -0.1) is 0 Å². The predicted octanol–water partition coefficient (Wildman–Crippen LogP) is 6.02. The second-order valence-electron chi connectivity index (χ2n) is 6.79. The highest BCUT2D eigenvalue weighted by Crippen LogP contribution is 2.32. The lowest BCUT2D eigenvalue weighted by molar-refractivity contribution is 0.461. The largest absolute Gasteiger partial charge is 0.0868 e. The minimum atomic E-state index is -0.0775. The summed E-state index contributed by atoms with van der Waals surface area (Å²) >= 11 is 0. The van der Waals surface area contributed by atoms with Crippen LogP contribution in [0.15, 0.2) is 84.9 Å². The van der Waals surface area contributed by atoms with Crippen molar-refractivity contribution in [2.75, 3.05) is 0 Å². The molecule has 0 heterocycles. The molecule has 0 aliphatic rings. The van der Waals surface area contributed by atoms with Gasteiger partial charge in [0.15, 0.2) is 0 Å². The molecule has 3 aromatic rings. The number of allylic oxidation sites excluding steroid dienone is 1. The third-order valence-electron chi connectivity index (χ3n) is 4.46. The first-order valence-corrected chi connectivity index (χ1v) is 8.29. The topological polar surface area (TPSA) is 0 Å². The zero-order valence-corrected chi connectivity index (χ0v) is 14.3. The van der Waals surface area contributed by atoms with Gasteiger partial charge in [0.2, 0.25) is 0 Å². The summed E-state index contributed by atoms with van der Waals surface area (Å²) in [5.41, 5.74) is 3.27. The van der Waals surface area contributed by atoms with E-state index in [1.807, 2.05) is 30.3 Å². The number of hydrogen-bond donors (Lipinski definition) is 0. The van der Waals surface area contributed by atoms with Crippen molar-refractivity contribution < 1.29 is 0 Å². The molecule has 0 saturated carbocycles. The van der Waals surface area contributed by atoms with Crippen molar-refractivity contribution in [3.63, 3.8) is 0 Å². The summed E-state index contributed by atoms with van der Waals surface area (Å²) in [5.74, 6) is 6.49. The Morgan fingerprint density at radius 3 is 2.33 bits per heavy atom. The molecule has 0 radical (unpaired) electrons. The van der Waals surface area contributed by atoms with Crippen LogP contribution in [0.3, 0.4) is 0 Å². The Kier molecular flexibility index (Phi) is 4.54. The molecule has 3 aromatic carbocycles. The predicted molar refractivity (Wildman–Crippen MR) is 104 cm³/mol. The van der Waals surface area contributed by atoms with Crippen molar-refractivity contribution in [3.05, 3.63) is 96.1 Å². The molecule has 0 atom stereocenters. The molecule has 0 aliphatic heterocycles. The van der Waals surface area contributed by atoms with Gasteiger partial charge in [0.1, 0.15) is 0 Å². The van der Waals surface area contributed by atoms with Crippen molar-refractivity contribution in [2.45, 2.75) is 20.3 Å². The van der Waals surface area contributed by atoms with Gasteiger partial charge >= 0.3 is 0 Å². The van der Waals surface area contributed by atoms with Gasteiger partial charge in [0.05, 0.1) is 0 Å². The molecular formula is C24H22. The maximum Gasteiger partial charge on any atom is 0.0248 e. The van der Waals surface area contributed by atoms with E-state index >= 15 is 0 Å². The normalized spacial score (nSPS) is 10.9. The van der Waals surface area contributed by atoms with Crippen molar-refractivity contribution in [1.29, 1.82) is 0 Å². The lowest BCUT2D eigenvalue weighted by atomic mass is 9.78. The first-order chi connectivity index (χ1) is 11.6. The Balaban J connectivity index is 1.85. The second-order valence-corrected chi connectivity index (χ2v) is 6.79. The summed E-state index contributed by atoms with van der Waals surface area (Å²) in [4.78, 5) is 0. The lowest BCUT2D eigenvalue weighted by Crippen LogP contribution is -2.17. The quantitative estimate of drug-likeness (QED) is 0.519. The minimum absolute atomic E-state index is 0.0775. The fraction of sp³-hybridized carbons (Fsp3) is 0.167. The molecule has 3 rings (SSSR count). The first-order valence-electron chi connectivity index (χ1n) is 8.29. The van der Waals surface area contributed by atoms with Gasteiger partial charge in [0.25, 0.3) is 0 Å².